The Balaban J connectivity index is 2.07. The van der Waals surface area contributed by atoms with E-state index < -0.39 is 0 Å². The van der Waals surface area contributed by atoms with Gasteiger partial charge in [-0.05, 0) is 24.0 Å². The Morgan fingerprint density at radius 1 is 1.16 bits per heavy atom. The molecule has 0 saturated heterocycles. The van der Waals surface area contributed by atoms with Crippen LogP contribution in [0.1, 0.15) is 30.0 Å². The first-order chi connectivity index (χ1) is 9.00. The van der Waals surface area contributed by atoms with Gasteiger partial charge in [-0.15, -0.1) is 0 Å². The van der Waals surface area contributed by atoms with Gasteiger partial charge in [0.05, 0.1) is 6.04 Å². The summed E-state index contributed by atoms with van der Waals surface area (Å²) in [5.41, 5.74) is 2.53. The molecule has 1 aliphatic carbocycles. The van der Waals surface area contributed by atoms with Crippen molar-refractivity contribution >= 4 is 11.8 Å². The van der Waals surface area contributed by atoms with Crippen LogP contribution < -0.4 is 0 Å². The van der Waals surface area contributed by atoms with E-state index in [4.69, 9.17) is 0 Å². The molecule has 0 saturated carbocycles. The lowest BCUT2D eigenvalue weighted by Crippen LogP contribution is -2.34. The van der Waals surface area contributed by atoms with E-state index in [1.165, 1.54) is 16.0 Å². The minimum absolute atomic E-state index is 0.0534. The third-order valence-electron chi connectivity index (χ3n) is 3.76. The zero-order valence-electron chi connectivity index (χ0n) is 11.7. The molecule has 4 nitrogen and oxygen atoms in total. The molecule has 0 spiro atoms. The van der Waals surface area contributed by atoms with Crippen LogP contribution in [0.2, 0.25) is 0 Å². The highest BCUT2D eigenvalue weighted by Crippen LogP contribution is 2.34. The number of fused-ring (bicyclic) bond motifs is 1. The van der Waals surface area contributed by atoms with E-state index in [1.807, 2.05) is 12.1 Å². The lowest BCUT2D eigenvalue weighted by Gasteiger charge is -2.26. The molecule has 19 heavy (non-hydrogen) atoms. The Hall–Kier alpha value is -1.84. The smallest absolute Gasteiger partial charge is 0.232 e. The van der Waals surface area contributed by atoms with Gasteiger partial charge < -0.3 is 9.80 Å². The highest BCUT2D eigenvalue weighted by Gasteiger charge is 2.29. The number of hydrogen-bond acceptors (Lipinski definition) is 2. The molecule has 4 heteroatoms. The lowest BCUT2D eigenvalue weighted by molar-refractivity contribution is -0.139. The number of nitrogens with zero attached hydrogens (tertiary/aromatic N) is 2. The number of aryl methyl sites for hydroxylation is 1. The van der Waals surface area contributed by atoms with Crippen molar-refractivity contribution in [3.63, 3.8) is 0 Å². The van der Waals surface area contributed by atoms with E-state index in [0.717, 1.165) is 12.8 Å². The van der Waals surface area contributed by atoms with E-state index in [0.29, 0.717) is 0 Å². The second-order valence-electron chi connectivity index (χ2n) is 5.22. The van der Waals surface area contributed by atoms with E-state index in [-0.39, 0.29) is 24.3 Å². The highest BCUT2D eigenvalue weighted by atomic mass is 16.2. The molecule has 1 aromatic carbocycles. The molecule has 1 aliphatic rings. The van der Waals surface area contributed by atoms with Gasteiger partial charge in [-0.3, -0.25) is 9.59 Å². The van der Waals surface area contributed by atoms with E-state index in [1.54, 1.807) is 26.0 Å². The maximum absolute atomic E-state index is 12.1. The summed E-state index contributed by atoms with van der Waals surface area (Å²) >= 11 is 0. The van der Waals surface area contributed by atoms with Crippen LogP contribution in [-0.4, -0.2) is 42.8 Å². The molecule has 2 rings (SSSR count). The quantitative estimate of drug-likeness (QED) is 0.775. The second kappa shape index (κ2) is 5.43. The van der Waals surface area contributed by atoms with Crippen molar-refractivity contribution in [1.82, 2.24) is 9.80 Å². The van der Waals surface area contributed by atoms with Gasteiger partial charge in [-0.1, -0.05) is 24.3 Å². The first kappa shape index (κ1) is 13.6. The Kier molecular flexibility index (Phi) is 3.88. The zero-order chi connectivity index (χ0) is 14.0. The number of carbonyl (C=O) groups excluding carboxylic acids is 2. The average Bonchev–Trinajstić information content (AvgIpc) is 2.81. The molecule has 2 amide bonds. The molecule has 0 N–H and O–H groups in total. The standard InChI is InChI=1S/C15H20N2O2/c1-16(2)14(18)10-15(19)17(3)13-9-8-11-6-4-5-7-12(11)13/h4-7,13H,8-10H2,1-3H3/t13-/m1/s1. The van der Waals surface area contributed by atoms with Gasteiger partial charge in [0.2, 0.25) is 11.8 Å². The van der Waals surface area contributed by atoms with Crippen LogP contribution in [0.15, 0.2) is 24.3 Å². The molecular formula is C15H20N2O2. The molecule has 0 unspecified atom stereocenters. The summed E-state index contributed by atoms with van der Waals surface area (Å²) in [6.07, 6.45) is 1.89. The molecule has 0 fully saturated rings. The minimum atomic E-state index is -0.150. The fourth-order valence-corrected chi connectivity index (χ4v) is 2.52. The Labute approximate surface area is 114 Å². The first-order valence-electron chi connectivity index (χ1n) is 6.54. The van der Waals surface area contributed by atoms with Crippen LogP contribution in [-0.2, 0) is 16.0 Å². The molecular weight excluding hydrogens is 240 g/mol. The molecule has 0 aliphatic heterocycles. The van der Waals surface area contributed by atoms with Crippen molar-refractivity contribution in [1.29, 1.82) is 0 Å². The van der Waals surface area contributed by atoms with Gasteiger partial charge in [-0.2, -0.15) is 0 Å². The molecule has 0 aromatic heterocycles. The van der Waals surface area contributed by atoms with E-state index in [9.17, 15) is 9.59 Å². The monoisotopic (exact) mass is 260 g/mol. The molecule has 102 valence electrons. The van der Waals surface area contributed by atoms with Gasteiger partial charge in [0.1, 0.15) is 6.42 Å². The van der Waals surface area contributed by atoms with E-state index in [2.05, 4.69) is 12.1 Å². The van der Waals surface area contributed by atoms with Crippen molar-refractivity contribution in [2.45, 2.75) is 25.3 Å². The number of rotatable bonds is 3. The maximum Gasteiger partial charge on any atom is 0.232 e. The lowest BCUT2D eigenvalue weighted by atomic mass is 10.1. The van der Waals surface area contributed by atoms with Crippen molar-refractivity contribution in [2.75, 3.05) is 21.1 Å². The van der Waals surface area contributed by atoms with Gasteiger partial charge in [0.25, 0.3) is 0 Å². The van der Waals surface area contributed by atoms with Crippen LogP contribution in [0.4, 0.5) is 0 Å². The fourth-order valence-electron chi connectivity index (χ4n) is 2.52. The Bertz CT molecular complexity index is 497. The van der Waals surface area contributed by atoms with Gasteiger partial charge in [-0.25, -0.2) is 0 Å². The highest BCUT2D eigenvalue weighted by molar-refractivity contribution is 5.96. The predicted octanol–water partition coefficient (Wildman–Crippen LogP) is 1.61. The molecule has 1 aromatic rings. The van der Waals surface area contributed by atoms with Gasteiger partial charge in [0.15, 0.2) is 0 Å². The van der Waals surface area contributed by atoms with Gasteiger partial charge >= 0.3 is 0 Å². The van der Waals surface area contributed by atoms with Crippen LogP contribution in [0.25, 0.3) is 0 Å². The van der Waals surface area contributed by atoms with Crippen molar-refractivity contribution in [2.24, 2.45) is 0 Å². The van der Waals surface area contributed by atoms with Crippen molar-refractivity contribution < 1.29 is 9.59 Å². The van der Waals surface area contributed by atoms with Gasteiger partial charge in [0, 0.05) is 21.1 Å². The predicted molar refractivity (Wildman–Crippen MR) is 73.6 cm³/mol. The number of hydrogen-bond donors (Lipinski definition) is 0. The summed E-state index contributed by atoms with van der Waals surface area (Å²) in [5, 5.41) is 0. The van der Waals surface area contributed by atoms with Crippen LogP contribution in [0.5, 0.6) is 0 Å². The third-order valence-corrected chi connectivity index (χ3v) is 3.76. The number of benzene rings is 1. The second-order valence-corrected chi connectivity index (χ2v) is 5.22. The summed E-state index contributed by atoms with van der Waals surface area (Å²) in [6, 6.07) is 8.32. The van der Waals surface area contributed by atoms with Crippen molar-refractivity contribution in [3.05, 3.63) is 35.4 Å². The summed E-state index contributed by atoms with van der Waals surface area (Å²) in [5.74, 6) is -0.261. The molecule has 0 radical (unpaired) electrons. The summed E-state index contributed by atoms with van der Waals surface area (Å²) < 4.78 is 0. The zero-order valence-corrected chi connectivity index (χ0v) is 11.7. The third kappa shape index (κ3) is 2.78. The molecule has 1 atom stereocenters. The summed E-state index contributed by atoms with van der Waals surface area (Å²) in [4.78, 5) is 26.9. The van der Waals surface area contributed by atoms with Crippen molar-refractivity contribution in [3.8, 4) is 0 Å². The number of carbonyl (C=O) groups is 2. The van der Waals surface area contributed by atoms with Crippen LogP contribution >= 0.6 is 0 Å². The SMILES string of the molecule is CN(C)C(=O)CC(=O)N(C)[C@@H]1CCc2ccccc21. The first-order valence-corrected chi connectivity index (χ1v) is 6.54. The molecule has 0 bridgehead atoms. The number of amides is 2. The maximum atomic E-state index is 12.1. The minimum Gasteiger partial charge on any atom is -0.348 e. The van der Waals surface area contributed by atoms with Crippen LogP contribution in [0, 0.1) is 0 Å². The Morgan fingerprint density at radius 2 is 1.84 bits per heavy atom. The molecule has 0 heterocycles. The normalized spacial score (nSPS) is 16.9. The largest absolute Gasteiger partial charge is 0.348 e. The van der Waals surface area contributed by atoms with Crippen LogP contribution in [0.3, 0.4) is 0 Å². The Morgan fingerprint density at radius 3 is 2.53 bits per heavy atom. The summed E-state index contributed by atoms with van der Waals surface area (Å²) in [6.45, 7) is 0. The van der Waals surface area contributed by atoms with E-state index >= 15 is 0 Å². The fraction of sp³-hybridized carbons (Fsp3) is 0.467. The summed E-state index contributed by atoms with van der Waals surface area (Å²) in [7, 11) is 5.12. The average molecular weight is 260 g/mol. The topological polar surface area (TPSA) is 40.6 Å².